The van der Waals surface area contributed by atoms with Crippen LogP contribution in [0.15, 0.2) is 48.5 Å². The molecule has 5 rings (SSSR count). The fourth-order valence-corrected chi connectivity index (χ4v) is 5.60. The molecule has 2 aromatic heterocycles. The fourth-order valence-electron chi connectivity index (χ4n) is 5.60. The molecule has 0 saturated carbocycles. The maximum absolute atomic E-state index is 4.90. The largest absolute Gasteiger partial charge is 0.330 e. The average molecular weight is 473 g/mol. The van der Waals surface area contributed by atoms with Gasteiger partial charge in [0.2, 0.25) is 0 Å². The van der Waals surface area contributed by atoms with Crippen LogP contribution in [0.3, 0.4) is 0 Å². The van der Waals surface area contributed by atoms with Crippen molar-refractivity contribution in [3.63, 3.8) is 0 Å². The highest BCUT2D eigenvalue weighted by atomic mass is 15.2. The lowest BCUT2D eigenvalue weighted by atomic mass is 10.1. The lowest BCUT2D eigenvalue weighted by Gasteiger charge is -2.24. The molecule has 0 amide bonds. The zero-order valence-corrected chi connectivity index (χ0v) is 21.4. The van der Waals surface area contributed by atoms with Gasteiger partial charge in [-0.15, -0.1) is 0 Å². The second kappa shape index (κ2) is 11.4. The predicted molar refractivity (Wildman–Crippen MR) is 144 cm³/mol. The minimum atomic E-state index is 0.688. The first-order valence-electron chi connectivity index (χ1n) is 13.5. The molecule has 0 bridgehead atoms. The van der Waals surface area contributed by atoms with Gasteiger partial charge < -0.3 is 14.5 Å². The summed E-state index contributed by atoms with van der Waals surface area (Å²) < 4.78 is 4.67. The topological polar surface area (TPSA) is 50.9 Å². The highest BCUT2D eigenvalue weighted by Crippen LogP contribution is 2.25. The second-order valence-electron chi connectivity index (χ2n) is 10.0. The summed E-state index contributed by atoms with van der Waals surface area (Å²) in [6, 6.07) is 17.7. The third-order valence-corrected chi connectivity index (χ3v) is 7.62. The number of nitrogens with zero attached hydrogens (tertiary/aromatic N) is 5. The summed E-state index contributed by atoms with van der Waals surface area (Å²) in [7, 11) is 2.15. The highest BCUT2D eigenvalue weighted by Gasteiger charge is 2.25. The summed E-state index contributed by atoms with van der Waals surface area (Å²) in [5.74, 6) is 2.36. The van der Waals surface area contributed by atoms with E-state index < -0.39 is 0 Å². The van der Waals surface area contributed by atoms with Crippen molar-refractivity contribution in [2.75, 3.05) is 13.1 Å². The standard InChI is InChI=1S/C29H40N6/c1-3-4-20-35-27-17-8-6-15-25(27)31-28(35)21-30-18-10-9-12-23-13-11-19-34(23)22-29-32-24-14-5-7-16-26(24)33(29)2/h5-8,14-17,23,30H,3-4,9-13,18-22H2,1-2H3/t23-/m1/s1. The van der Waals surface area contributed by atoms with E-state index in [1.54, 1.807) is 0 Å². The molecular formula is C29H40N6. The molecular weight excluding hydrogens is 432 g/mol. The molecule has 1 aliphatic heterocycles. The van der Waals surface area contributed by atoms with Crippen molar-refractivity contribution < 1.29 is 0 Å². The minimum absolute atomic E-state index is 0.688. The predicted octanol–water partition coefficient (Wildman–Crippen LogP) is 5.65. The van der Waals surface area contributed by atoms with Gasteiger partial charge in [-0.25, -0.2) is 9.97 Å². The van der Waals surface area contributed by atoms with Gasteiger partial charge in [0.15, 0.2) is 0 Å². The zero-order valence-electron chi connectivity index (χ0n) is 21.4. The van der Waals surface area contributed by atoms with E-state index in [2.05, 4.69) is 81.9 Å². The molecule has 6 heteroatoms. The number of fused-ring (bicyclic) bond motifs is 2. The third kappa shape index (κ3) is 5.44. The van der Waals surface area contributed by atoms with E-state index in [0.29, 0.717) is 6.04 Å². The van der Waals surface area contributed by atoms with Crippen LogP contribution in [0.5, 0.6) is 0 Å². The SMILES string of the molecule is CCCCn1c(CNCCCC[C@@H]2CCCN2Cc2nc3ccccc3n2C)nc2ccccc21. The molecule has 2 aromatic carbocycles. The Kier molecular flexibility index (Phi) is 7.79. The Morgan fingerprint density at radius 2 is 1.66 bits per heavy atom. The number of hydrogen-bond donors (Lipinski definition) is 1. The molecule has 6 nitrogen and oxygen atoms in total. The number of imidazole rings is 2. The number of aryl methyl sites for hydroxylation is 2. The molecule has 0 radical (unpaired) electrons. The maximum Gasteiger partial charge on any atom is 0.123 e. The minimum Gasteiger partial charge on any atom is -0.330 e. The molecule has 4 aromatic rings. The van der Waals surface area contributed by atoms with Gasteiger partial charge >= 0.3 is 0 Å². The Morgan fingerprint density at radius 1 is 0.914 bits per heavy atom. The Morgan fingerprint density at radius 3 is 2.46 bits per heavy atom. The van der Waals surface area contributed by atoms with Crippen LogP contribution in [0.25, 0.3) is 22.1 Å². The van der Waals surface area contributed by atoms with E-state index in [9.17, 15) is 0 Å². The van der Waals surface area contributed by atoms with Crippen LogP contribution in [-0.4, -0.2) is 43.1 Å². The lowest BCUT2D eigenvalue weighted by molar-refractivity contribution is 0.223. The van der Waals surface area contributed by atoms with Crippen molar-refractivity contribution in [1.82, 2.24) is 29.3 Å². The van der Waals surface area contributed by atoms with E-state index >= 15 is 0 Å². The molecule has 1 aliphatic rings. The Labute approximate surface area is 209 Å². The molecule has 3 heterocycles. The van der Waals surface area contributed by atoms with Crippen LogP contribution < -0.4 is 5.32 Å². The van der Waals surface area contributed by atoms with Crippen molar-refractivity contribution in [1.29, 1.82) is 0 Å². The van der Waals surface area contributed by atoms with Gasteiger partial charge in [0.05, 0.1) is 35.2 Å². The van der Waals surface area contributed by atoms with Gasteiger partial charge in [0.25, 0.3) is 0 Å². The zero-order chi connectivity index (χ0) is 24.0. The van der Waals surface area contributed by atoms with Crippen molar-refractivity contribution in [2.45, 2.75) is 77.5 Å². The van der Waals surface area contributed by atoms with E-state index in [1.165, 1.54) is 74.2 Å². The molecule has 1 N–H and O–H groups in total. The number of aromatic nitrogens is 4. The normalized spacial score (nSPS) is 16.7. The smallest absolute Gasteiger partial charge is 0.123 e. The van der Waals surface area contributed by atoms with Gasteiger partial charge in [0, 0.05) is 19.6 Å². The van der Waals surface area contributed by atoms with Crippen molar-refractivity contribution >= 4 is 22.1 Å². The van der Waals surface area contributed by atoms with Gasteiger partial charge in [-0.05, 0) is 69.5 Å². The van der Waals surface area contributed by atoms with Crippen molar-refractivity contribution in [3.8, 4) is 0 Å². The third-order valence-electron chi connectivity index (χ3n) is 7.62. The van der Waals surface area contributed by atoms with Gasteiger partial charge in [-0.2, -0.15) is 0 Å². The van der Waals surface area contributed by atoms with Gasteiger partial charge in [-0.3, -0.25) is 4.90 Å². The molecule has 1 saturated heterocycles. The summed E-state index contributed by atoms with van der Waals surface area (Å²) in [5, 5.41) is 3.67. The molecule has 0 spiro atoms. The summed E-state index contributed by atoms with van der Waals surface area (Å²) in [5.41, 5.74) is 4.71. The van der Waals surface area contributed by atoms with Gasteiger partial charge in [0.1, 0.15) is 11.6 Å². The van der Waals surface area contributed by atoms with Crippen LogP contribution in [-0.2, 0) is 26.7 Å². The average Bonchev–Trinajstić information content (AvgIpc) is 3.56. The van der Waals surface area contributed by atoms with Crippen LogP contribution >= 0.6 is 0 Å². The van der Waals surface area contributed by atoms with E-state index in [1.807, 2.05) is 0 Å². The second-order valence-corrected chi connectivity index (χ2v) is 10.0. The Balaban J connectivity index is 1.08. The van der Waals surface area contributed by atoms with E-state index in [0.717, 1.165) is 37.2 Å². The summed E-state index contributed by atoms with van der Waals surface area (Å²) in [4.78, 5) is 12.5. The molecule has 0 unspecified atom stereocenters. The number of para-hydroxylation sites is 4. The number of unbranched alkanes of at least 4 members (excludes halogenated alkanes) is 2. The van der Waals surface area contributed by atoms with E-state index in [-0.39, 0.29) is 0 Å². The number of likely N-dealkylation sites (tertiary alicyclic amines) is 1. The van der Waals surface area contributed by atoms with Crippen LogP contribution in [0.1, 0.15) is 63.5 Å². The Hall–Kier alpha value is -2.70. The number of hydrogen-bond acceptors (Lipinski definition) is 4. The molecule has 0 aliphatic carbocycles. The highest BCUT2D eigenvalue weighted by molar-refractivity contribution is 5.76. The lowest BCUT2D eigenvalue weighted by Crippen LogP contribution is -2.30. The molecule has 186 valence electrons. The van der Waals surface area contributed by atoms with E-state index in [4.69, 9.17) is 9.97 Å². The summed E-state index contributed by atoms with van der Waals surface area (Å²) in [6.07, 6.45) is 8.78. The first-order chi connectivity index (χ1) is 17.2. The van der Waals surface area contributed by atoms with Crippen LogP contribution in [0.4, 0.5) is 0 Å². The molecule has 35 heavy (non-hydrogen) atoms. The number of nitrogens with one attached hydrogen (secondary N) is 1. The molecule has 1 fully saturated rings. The summed E-state index contributed by atoms with van der Waals surface area (Å²) >= 11 is 0. The van der Waals surface area contributed by atoms with Crippen LogP contribution in [0, 0.1) is 0 Å². The first-order valence-corrected chi connectivity index (χ1v) is 13.5. The van der Waals surface area contributed by atoms with Crippen molar-refractivity contribution in [3.05, 3.63) is 60.2 Å². The molecule has 1 atom stereocenters. The van der Waals surface area contributed by atoms with Crippen LogP contribution in [0.2, 0.25) is 0 Å². The fraction of sp³-hybridized carbons (Fsp3) is 0.517. The maximum atomic E-state index is 4.90. The van der Waals surface area contributed by atoms with Crippen molar-refractivity contribution in [2.24, 2.45) is 7.05 Å². The Bertz CT molecular complexity index is 1240. The number of rotatable bonds is 12. The van der Waals surface area contributed by atoms with Gasteiger partial charge in [-0.1, -0.05) is 44.0 Å². The number of benzene rings is 2. The quantitative estimate of drug-likeness (QED) is 0.271. The monoisotopic (exact) mass is 472 g/mol. The first kappa shape index (κ1) is 24.0. The summed E-state index contributed by atoms with van der Waals surface area (Å²) in [6.45, 7) is 7.36.